The summed E-state index contributed by atoms with van der Waals surface area (Å²) in [6, 6.07) is 9.83. The Bertz CT molecular complexity index is 563. The largest absolute Gasteiger partial charge is 0.493 e. The van der Waals surface area contributed by atoms with Crippen LogP contribution in [0.15, 0.2) is 42.7 Å². The molecular formula is C17H24N2O2. The molecule has 114 valence electrons. The molecule has 2 N–H and O–H groups in total. The molecule has 0 amide bonds. The number of benzene rings is 1. The Morgan fingerprint density at radius 1 is 1.14 bits per heavy atom. The van der Waals surface area contributed by atoms with Crippen LogP contribution in [-0.2, 0) is 6.54 Å². The Balaban J connectivity index is 1.89. The van der Waals surface area contributed by atoms with Gasteiger partial charge in [0.2, 0.25) is 0 Å². The summed E-state index contributed by atoms with van der Waals surface area (Å²) in [6.45, 7) is 5.63. The second-order valence-corrected chi connectivity index (χ2v) is 5.45. The Labute approximate surface area is 126 Å². The van der Waals surface area contributed by atoms with Gasteiger partial charge in [0.25, 0.3) is 0 Å². The Kier molecular flexibility index (Phi) is 5.28. The predicted octanol–water partition coefficient (Wildman–Crippen LogP) is 3.23. The van der Waals surface area contributed by atoms with E-state index in [0.29, 0.717) is 12.5 Å². The molecule has 0 aliphatic rings. The van der Waals surface area contributed by atoms with Gasteiger partial charge in [-0.1, -0.05) is 26.0 Å². The van der Waals surface area contributed by atoms with Crippen molar-refractivity contribution >= 4 is 0 Å². The number of hydrogen-bond acceptors (Lipinski definition) is 3. The second kappa shape index (κ2) is 7.18. The van der Waals surface area contributed by atoms with Gasteiger partial charge in [-0.15, -0.1) is 0 Å². The molecule has 2 aromatic rings. The summed E-state index contributed by atoms with van der Waals surface area (Å²) in [5.41, 5.74) is 7.32. The predicted molar refractivity (Wildman–Crippen MR) is 84.7 cm³/mol. The molecule has 1 aromatic heterocycles. The fraction of sp³-hybridized carbons (Fsp3) is 0.412. The van der Waals surface area contributed by atoms with Crippen molar-refractivity contribution < 1.29 is 9.47 Å². The van der Waals surface area contributed by atoms with Crippen molar-refractivity contribution in [3.63, 3.8) is 0 Å². The molecule has 0 aliphatic carbocycles. The van der Waals surface area contributed by atoms with E-state index in [1.807, 2.05) is 30.5 Å². The first kappa shape index (κ1) is 15.4. The van der Waals surface area contributed by atoms with Gasteiger partial charge in [0.15, 0.2) is 11.5 Å². The van der Waals surface area contributed by atoms with Crippen LogP contribution in [0.3, 0.4) is 0 Å². The highest BCUT2D eigenvalue weighted by Gasteiger charge is 2.11. The minimum Gasteiger partial charge on any atom is -0.493 e. The van der Waals surface area contributed by atoms with Crippen LogP contribution in [0.25, 0.3) is 0 Å². The number of nitrogens with zero attached hydrogens (tertiary/aromatic N) is 1. The third-order valence-corrected chi connectivity index (χ3v) is 3.55. The quantitative estimate of drug-likeness (QED) is 0.851. The number of ether oxygens (including phenoxy) is 2. The van der Waals surface area contributed by atoms with Crippen LogP contribution in [0, 0.1) is 5.92 Å². The van der Waals surface area contributed by atoms with Crippen LogP contribution in [0.4, 0.5) is 0 Å². The minimum absolute atomic E-state index is 0.0846. The van der Waals surface area contributed by atoms with Crippen LogP contribution in [-0.4, -0.2) is 18.3 Å². The van der Waals surface area contributed by atoms with Gasteiger partial charge in [-0.05, 0) is 29.7 Å². The van der Waals surface area contributed by atoms with Gasteiger partial charge in [-0.3, -0.25) is 0 Å². The molecule has 21 heavy (non-hydrogen) atoms. The number of nitrogens with two attached hydrogens (primary N) is 1. The van der Waals surface area contributed by atoms with E-state index in [4.69, 9.17) is 15.2 Å². The Hall–Kier alpha value is -1.94. The highest BCUT2D eigenvalue weighted by atomic mass is 16.5. The second-order valence-electron chi connectivity index (χ2n) is 5.45. The molecule has 1 aromatic carbocycles. The zero-order valence-electron chi connectivity index (χ0n) is 13.0. The van der Waals surface area contributed by atoms with Gasteiger partial charge in [-0.2, -0.15) is 0 Å². The van der Waals surface area contributed by atoms with Crippen molar-refractivity contribution in [2.75, 3.05) is 13.7 Å². The molecule has 0 spiro atoms. The van der Waals surface area contributed by atoms with E-state index in [1.165, 1.54) is 5.56 Å². The maximum atomic E-state index is 6.15. The molecule has 2 rings (SSSR count). The molecule has 4 nitrogen and oxygen atoms in total. The van der Waals surface area contributed by atoms with Crippen LogP contribution in [0.5, 0.6) is 11.5 Å². The van der Waals surface area contributed by atoms with Gasteiger partial charge >= 0.3 is 0 Å². The van der Waals surface area contributed by atoms with Gasteiger partial charge in [0.05, 0.1) is 13.7 Å². The topological polar surface area (TPSA) is 49.4 Å². The maximum Gasteiger partial charge on any atom is 0.161 e. The monoisotopic (exact) mass is 288 g/mol. The number of hydrogen-bond donors (Lipinski definition) is 1. The first-order valence-electron chi connectivity index (χ1n) is 7.29. The molecule has 4 heteroatoms. The lowest BCUT2D eigenvalue weighted by molar-refractivity contribution is 0.280. The zero-order valence-corrected chi connectivity index (χ0v) is 13.0. The first-order chi connectivity index (χ1) is 10.1. The van der Waals surface area contributed by atoms with Crippen LogP contribution in [0.1, 0.15) is 25.5 Å². The summed E-state index contributed by atoms with van der Waals surface area (Å²) in [6.07, 6.45) is 4.14. The number of rotatable bonds is 7. The van der Waals surface area contributed by atoms with E-state index < -0.39 is 0 Å². The average molecular weight is 288 g/mol. The zero-order chi connectivity index (χ0) is 15.2. The van der Waals surface area contributed by atoms with Gasteiger partial charge in [0.1, 0.15) is 6.61 Å². The van der Waals surface area contributed by atoms with Crippen molar-refractivity contribution in [1.29, 1.82) is 0 Å². The summed E-state index contributed by atoms with van der Waals surface area (Å²) >= 11 is 0. The third-order valence-electron chi connectivity index (χ3n) is 3.55. The average Bonchev–Trinajstić information content (AvgIpc) is 2.95. The van der Waals surface area contributed by atoms with Crippen molar-refractivity contribution in [2.24, 2.45) is 11.7 Å². The molecule has 0 radical (unpaired) electrons. The molecule has 0 saturated carbocycles. The molecule has 1 unspecified atom stereocenters. The van der Waals surface area contributed by atoms with E-state index in [2.05, 4.69) is 30.7 Å². The molecule has 0 saturated heterocycles. The molecule has 0 bridgehead atoms. The van der Waals surface area contributed by atoms with Gasteiger partial charge < -0.3 is 19.8 Å². The summed E-state index contributed by atoms with van der Waals surface area (Å²) in [4.78, 5) is 0. The lowest BCUT2D eigenvalue weighted by Gasteiger charge is -2.13. The fourth-order valence-electron chi connectivity index (χ4n) is 2.18. The van der Waals surface area contributed by atoms with Crippen molar-refractivity contribution in [3.8, 4) is 11.5 Å². The first-order valence-corrected chi connectivity index (χ1v) is 7.29. The van der Waals surface area contributed by atoms with Crippen molar-refractivity contribution in [3.05, 3.63) is 48.3 Å². The summed E-state index contributed by atoms with van der Waals surface area (Å²) < 4.78 is 13.1. The highest BCUT2D eigenvalue weighted by molar-refractivity contribution is 5.39. The Morgan fingerprint density at radius 2 is 1.86 bits per heavy atom. The van der Waals surface area contributed by atoms with E-state index >= 15 is 0 Å². The van der Waals surface area contributed by atoms with Gasteiger partial charge in [0, 0.05) is 18.4 Å². The van der Waals surface area contributed by atoms with Crippen LogP contribution < -0.4 is 15.2 Å². The summed E-state index contributed by atoms with van der Waals surface area (Å²) in [5.74, 6) is 1.96. The van der Waals surface area contributed by atoms with E-state index in [0.717, 1.165) is 18.0 Å². The summed E-state index contributed by atoms with van der Waals surface area (Å²) in [5, 5.41) is 0. The lowest BCUT2D eigenvalue weighted by atomic mass is 10.00. The number of aromatic nitrogens is 1. The summed E-state index contributed by atoms with van der Waals surface area (Å²) in [7, 11) is 1.65. The standard InChI is InChI=1S/C17H24N2O2/c1-13(2)17(18)14-8-9-19(12-14)10-11-21-16-7-5-4-6-15(16)20-3/h4-9,12-13,17H,10-11,18H2,1-3H3. The van der Waals surface area contributed by atoms with Gasteiger partial charge in [-0.25, -0.2) is 0 Å². The van der Waals surface area contributed by atoms with Crippen molar-refractivity contribution in [2.45, 2.75) is 26.4 Å². The highest BCUT2D eigenvalue weighted by Crippen LogP contribution is 2.25. The van der Waals surface area contributed by atoms with Crippen LogP contribution in [0.2, 0.25) is 0 Å². The molecule has 1 heterocycles. The molecule has 0 fully saturated rings. The van der Waals surface area contributed by atoms with E-state index in [1.54, 1.807) is 7.11 Å². The maximum absolute atomic E-state index is 6.15. The van der Waals surface area contributed by atoms with E-state index in [9.17, 15) is 0 Å². The van der Waals surface area contributed by atoms with Crippen LogP contribution >= 0.6 is 0 Å². The number of para-hydroxylation sites is 2. The minimum atomic E-state index is 0.0846. The smallest absolute Gasteiger partial charge is 0.161 e. The molecule has 0 aliphatic heterocycles. The van der Waals surface area contributed by atoms with E-state index in [-0.39, 0.29) is 6.04 Å². The Morgan fingerprint density at radius 3 is 2.52 bits per heavy atom. The number of methoxy groups -OCH3 is 1. The molecule has 1 atom stereocenters. The lowest BCUT2D eigenvalue weighted by Crippen LogP contribution is -2.16. The van der Waals surface area contributed by atoms with Crippen molar-refractivity contribution in [1.82, 2.24) is 4.57 Å². The normalized spacial score (nSPS) is 12.4. The fourth-order valence-corrected chi connectivity index (χ4v) is 2.18. The SMILES string of the molecule is COc1ccccc1OCCn1ccc(C(N)C(C)C)c1. The molecular weight excluding hydrogens is 264 g/mol. The third kappa shape index (κ3) is 4.02.